The fourth-order valence-electron chi connectivity index (χ4n) is 1.68. The second-order valence-electron chi connectivity index (χ2n) is 3.66. The number of aliphatic hydroxyl groups excluding tert-OH is 3. The molecule has 1 rings (SSSR count). The van der Waals surface area contributed by atoms with Crippen molar-refractivity contribution in [3.63, 3.8) is 0 Å². The SMILES string of the molecule is COC1O[C@H](CO)[C@H](O)[C@H](O)[C@@H]1NC(N)N. The molecule has 1 aliphatic heterocycles. The van der Waals surface area contributed by atoms with E-state index in [0.717, 1.165) is 0 Å². The normalized spacial score (nSPS) is 40.3. The lowest BCUT2D eigenvalue weighted by Crippen LogP contribution is -2.67. The van der Waals surface area contributed by atoms with Crippen molar-refractivity contribution in [2.75, 3.05) is 13.7 Å². The summed E-state index contributed by atoms with van der Waals surface area (Å²) in [6, 6.07) is -0.761. The molecule has 1 saturated heterocycles. The maximum Gasteiger partial charge on any atom is 0.175 e. The average Bonchev–Trinajstić information content (AvgIpc) is 2.25. The highest BCUT2D eigenvalue weighted by Crippen LogP contribution is 2.21. The van der Waals surface area contributed by atoms with Crippen molar-refractivity contribution in [1.82, 2.24) is 5.32 Å². The van der Waals surface area contributed by atoms with E-state index in [9.17, 15) is 10.2 Å². The third-order valence-corrected chi connectivity index (χ3v) is 2.50. The maximum absolute atomic E-state index is 9.79. The van der Waals surface area contributed by atoms with Gasteiger partial charge in [0.2, 0.25) is 0 Å². The molecule has 5 atom stereocenters. The van der Waals surface area contributed by atoms with Gasteiger partial charge in [0.05, 0.1) is 12.6 Å². The summed E-state index contributed by atoms with van der Waals surface area (Å²) < 4.78 is 10.2. The Morgan fingerprint density at radius 3 is 2.44 bits per heavy atom. The van der Waals surface area contributed by atoms with Crippen LogP contribution < -0.4 is 16.8 Å². The van der Waals surface area contributed by atoms with Gasteiger partial charge in [-0.15, -0.1) is 0 Å². The Bertz CT molecular complexity index is 216. The number of nitrogens with one attached hydrogen (secondary N) is 1. The van der Waals surface area contributed by atoms with Crippen LogP contribution in [-0.4, -0.2) is 66.0 Å². The number of ether oxygens (including phenoxy) is 2. The summed E-state index contributed by atoms with van der Waals surface area (Å²) in [7, 11) is 1.38. The van der Waals surface area contributed by atoms with Gasteiger partial charge in [-0.25, -0.2) is 0 Å². The summed E-state index contributed by atoms with van der Waals surface area (Å²) in [4.78, 5) is 0. The van der Waals surface area contributed by atoms with Gasteiger partial charge in [0.1, 0.15) is 24.6 Å². The van der Waals surface area contributed by atoms with E-state index in [1.54, 1.807) is 0 Å². The molecular weight excluding hydrogens is 218 g/mol. The first-order valence-electron chi connectivity index (χ1n) is 4.93. The quantitative estimate of drug-likeness (QED) is 0.273. The van der Waals surface area contributed by atoms with Gasteiger partial charge in [-0.3, -0.25) is 5.32 Å². The van der Waals surface area contributed by atoms with Gasteiger partial charge in [0.15, 0.2) is 6.29 Å². The number of aliphatic hydroxyl groups is 3. The second-order valence-corrected chi connectivity index (χ2v) is 3.66. The Labute approximate surface area is 93.1 Å². The lowest BCUT2D eigenvalue weighted by atomic mass is 9.97. The fourth-order valence-corrected chi connectivity index (χ4v) is 1.68. The van der Waals surface area contributed by atoms with E-state index in [4.69, 9.17) is 26.0 Å². The van der Waals surface area contributed by atoms with Crippen molar-refractivity contribution in [1.29, 1.82) is 0 Å². The molecule has 0 aromatic rings. The molecule has 96 valence electrons. The molecule has 1 fully saturated rings. The third kappa shape index (κ3) is 2.87. The molecule has 8 N–H and O–H groups in total. The zero-order valence-corrected chi connectivity index (χ0v) is 8.98. The van der Waals surface area contributed by atoms with E-state index in [0.29, 0.717) is 0 Å². The molecule has 16 heavy (non-hydrogen) atoms. The second kappa shape index (κ2) is 5.84. The van der Waals surface area contributed by atoms with Crippen molar-refractivity contribution in [3.8, 4) is 0 Å². The monoisotopic (exact) mass is 237 g/mol. The van der Waals surface area contributed by atoms with Gasteiger partial charge >= 0.3 is 0 Å². The minimum Gasteiger partial charge on any atom is -0.394 e. The van der Waals surface area contributed by atoms with Crippen LogP contribution in [0.5, 0.6) is 0 Å². The van der Waals surface area contributed by atoms with E-state index in [1.165, 1.54) is 7.11 Å². The predicted octanol–water partition coefficient (Wildman–Crippen LogP) is -3.77. The van der Waals surface area contributed by atoms with Crippen molar-refractivity contribution in [2.24, 2.45) is 11.5 Å². The molecule has 0 bridgehead atoms. The number of methoxy groups -OCH3 is 1. The minimum absolute atomic E-state index is 0.417. The molecule has 8 heteroatoms. The smallest absolute Gasteiger partial charge is 0.175 e. The Hall–Kier alpha value is -0.320. The molecule has 0 amide bonds. The van der Waals surface area contributed by atoms with Gasteiger partial charge in [-0.1, -0.05) is 0 Å². The molecule has 1 heterocycles. The van der Waals surface area contributed by atoms with Crippen LogP contribution >= 0.6 is 0 Å². The number of nitrogens with two attached hydrogens (primary N) is 2. The minimum atomic E-state index is -1.23. The fraction of sp³-hybridized carbons (Fsp3) is 1.00. The molecular formula is C8H19N3O5. The average molecular weight is 237 g/mol. The van der Waals surface area contributed by atoms with Gasteiger partial charge in [-0.2, -0.15) is 0 Å². The zero-order valence-electron chi connectivity index (χ0n) is 8.98. The molecule has 1 unspecified atom stereocenters. The van der Waals surface area contributed by atoms with E-state index in [1.807, 2.05) is 0 Å². The summed E-state index contributed by atoms with van der Waals surface area (Å²) >= 11 is 0. The Kier molecular flexibility index (Phi) is 5.02. The third-order valence-electron chi connectivity index (χ3n) is 2.50. The van der Waals surface area contributed by atoms with Crippen LogP contribution in [0.25, 0.3) is 0 Å². The summed E-state index contributed by atoms with van der Waals surface area (Å²) in [6.07, 6.45) is -5.03. The van der Waals surface area contributed by atoms with Crippen LogP contribution in [0.2, 0.25) is 0 Å². The highest BCUT2D eigenvalue weighted by atomic mass is 16.7. The Morgan fingerprint density at radius 1 is 1.38 bits per heavy atom. The van der Waals surface area contributed by atoms with E-state index >= 15 is 0 Å². The zero-order chi connectivity index (χ0) is 12.3. The van der Waals surface area contributed by atoms with E-state index in [2.05, 4.69) is 5.32 Å². The molecule has 0 aromatic carbocycles. The van der Waals surface area contributed by atoms with Crippen LogP contribution in [0.15, 0.2) is 0 Å². The highest BCUT2D eigenvalue weighted by Gasteiger charge is 2.44. The standard InChI is InChI=1S/C8H19N3O5/c1-15-7-4(11-8(9)10)6(14)5(13)3(2-12)16-7/h3-8,11-14H,2,9-10H2,1H3/t3-,4+,5+,6-,7?/m1/s1. The highest BCUT2D eigenvalue weighted by molar-refractivity contribution is 4.93. The Morgan fingerprint density at radius 2 is 2.00 bits per heavy atom. The van der Waals surface area contributed by atoms with Crippen LogP contribution in [0.4, 0.5) is 0 Å². The lowest BCUT2D eigenvalue weighted by molar-refractivity contribution is -0.264. The van der Waals surface area contributed by atoms with Crippen LogP contribution in [0.1, 0.15) is 0 Å². The first-order valence-corrected chi connectivity index (χ1v) is 4.93. The van der Waals surface area contributed by atoms with Gasteiger partial charge < -0.3 is 36.3 Å². The molecule has 8 nitrogen and oxygen atoms in total. The summed E-state index contributed by atoms with van der Waals surface area (Å²) in [6.45, 7) is -0.417. The number of hydrogen-bond acceptors (Lipinski definition) is 8. The molecule has 0 aliphatic carbocycles. The largest absolute Gasteiger partial charge is 0.394 e. The molecule has 0 saturated carbocycles. The first kappa shape index (κ1) is 13.7. The molecule has 0 aromatic heterocycles. The maximum atomic E-state index is 9.79. The van der Waals surface area contributed by atoms with Crippen LogP contribution in [0, 0.1) is 0 Å². The molecule has 0 radical (unpaired) electrons. The van der Waals surface area contributed by atoms with Crippen LogP contribution in [0.3, 0.4) is 0 Å². The first-order chi connectivity index (χ1) is 7.51. The lowest BCUT2D eigenvalue weighted by Gasteiger charge is -2.42. The van der Waals surface area contributed by atoms with Crippen molar-refractivity contribution in [3.05, 3.63) is 0 Å². The van der Waals surface area contributed by atoms with Gasteiger partial charge in [-0.05, 0) is 0 Å². The number of rotatable bonds is 4. The topological polar surface area (TPSA) is 143 Å². The summed E-state index contributed by atoms with van der Waals surface area (Å²) in [5, 5.41) is 31.0. The molecule has 0 spiro atoms. The van der Waals surface area contributed by atoms with E-state index in [-0.39, 0.29) is 0 Å². The predicted molar refractivity (Wildman–Crippen MR) is 53.9 cm³/mol. The summed E-state index contributed by atoms with van der Waals surface area (Å²) in [5.74, 6) is 0. The summed E-state index contributed by atoms with van der Waals surface area (Å²) in [5.41, 5.74) is 10.7. The van der Waals surface area contributed by atoms with Crippen molar-refractivity contribution in [2.45, 2.75) is 36.9 Å². The van der Waals surface area contributed by atoms with Crippen molar-refractivity contribution < 1.29 is 24.8 Å². The van der Waals surface area contributed by atoms with Gasteiger partial charge in [0.25, 0.3) is 0 Å². The van der Waals surface area contributed by atoms with Gasteiger partial charge in [0, 0.05) is 7.11 Å². The Balaban J connectivity index is 2.73. The van der Waals surface area contributed by atoms with Crippen LogP contribution in [-0.2, 0) is 9.47 Å². The van der Waals surface area contributed by atoms with E-state index < -0.39 is 43.5 Å². The van der Waals surface area contributed by atoms with Crippen molar-refractivity contribution >= 4 is 0 Å². The number of hydrogen-bond donors (Lipinski definition) is 6. The molecule has 1 aliphatic rings.